The fraction of sp³-hybridized carbons (Fsp3) is 0.250. The van der Waals surface area contributed by atoms with Gasteiger partial charge in [0.05, 0.1) is 34.2 Å². The van der Waals surface area contributed by atoms with Gasteiger partial charge in [-0.1, -0.05) is 11.6 Å². The van der Waals surface area contributed by atoms with Gasteiger partial charge in [0, 0.05) is 42.0 Å². The first-order valence-electron chi connectivity index (χ1n) is 11.5. The van der Waals surface area contributed by atoms with Crippen LogP contribution in [0, 0.1) is 0 Å². The summed E-state index contributed by atoms with van der Waals surface area (Å²) in [5.41, 5.74) is 3.75. The molecule has 5 heterocycles. The number of carbonyl (C=O) groups is 1. The number of hydrogen-bond donors (Lipinski definition) is 2. The zero-order valence-electron chi connectivity index (χ0n) is 19.9. The molecular formula is C24H22ClN9O2S. The number of fused-ring (bicyclic) bond motifs is 1. The SMILES string of the molecule is CN(C)C(=O)c1cc(-c2cnc([C@@H]3CCC4=NC(c5cc(Cl)ccc5-n5cnnn5)=CC(O)N43)[nH]2)cs1. The molecule has 2 atom stereocenters. The molecule has 1 aromatic carbocycles. The van der Waals surface area contributed by atoms with E-state index in [4.69, 9.17) is 16.6 Å². The molecule has 188 valence electrons. The van der Waals surface area contributed by atoms with Gasteiger partial charge in [0.1, 0.15) is 24.2 Å². The van der Waals surface area contributed by atoms with E-state index < -0.39 is 6.23 Å². The Morgan fingerprint density at radius 3 is 2.95 bits per heavy atom. The van der Waals surface area contributed by atoms with Crippen molar-refractivity contribution in [2.75, 3.05) is 14.1 Å². The third kappa shape index (κ3) is 4.22. The Bertz CT molecular complexity index is 1540. The average Bonchev–Trinajstić information content (AvgIpc) is 3.68. The van der Waals surface area contributed by atoms with Crippen molar-refractivity contribution < 1.29 is 9.90 Å². The molecule has 0 aliphatic carbocycles. The van der Waals surface area contributed by atoms with Crippen molar-refractivity contribution in [3.8, 4) is 16.9 Å². The number of halogens is 1. The van der Waals surface area contributed by atoms with Gasteiger partial charge in [0.25, 0.3) is 5.91 Å². The molecule has 11 nitrogen and oxygen atoms in total. The number of amidine groups is 1. The third-order valence-electron chi connectivity index (χ3n) is 6.39. The van der Waals surface area contributed by atoms with Gasteiger partial charge >= 0.3 is 0 Å². The van der Waals surface area contributed by atoms with Gasteiger partial charge in [-0.15, -0.1) is 16.4 Å². The summed E-state index contributed by atoms with van der Waals surface area (Å²) in [6.07, 6.45) is 5.47. The number of tetrazole rings is 1. The Hall–Kier alpha value is -3.87. The van der Waals surface area contributed by atoms with Crippen LogP contribution in [0.15, 0.2) is 53.2 Å². The van der Waals surface area contributed by atoms with Crippen LogP contribution >= 0.6 is 22.9 Å². The van der Waals surface area contributed by atoms with Crippen LogP contribution in [-0.4, -0.2) is 77.1 Å². The molecule has 1 unspecified atom stereocenters. The molecule has 2 N–H and O–H groups in total. The first kappa shape index (κ1) is 23.5. The summed E-state index contributed by atoms with van der Waals surface area (Å²) in [5, 5.41) is 25.1. The monoisotopic (exact) mass is 535 g/mol. The maximum Gasteiger partial charge on any atom is 0.263 e. The van der Waals surface area contributed by atoms with Crippen molar-refractivity contribution in [1.82, 2.24) is 40.0 Å². The molecule has 13 heteroatoms. The first-order valence-corrected chi connectivity index (χ1v) is 12.8. The Morgan fingerprint density at radius 1 is 1.30 bits per heavy atom. The minimum atomic E-state index is -0.908. The van der Waals surface area contributed by atoms with Gasteiger partial charge in [-0.2, -0.15) is 4.68 Å². The number of aromatic nitrogens is 6. The van der Waals surface area contributed by atoms with Crippen LogP contribution in [0.25, 0.3) is 22.6 Å². The second kappa shape index (κ2) is 9.21. The van der Waals surface area contributed by atoms with Gasteiger partial charge in [-0.25, -0.2) is 9.98 Å². The van der Waals surface area contributed by atoms with Crippen LogP contribution in [0.1, 0.15) is 39.9 Å². The molecule has 6 rings (SSSR count). The number of aliphatic imine (C=N–C) groups is 1. The fourth-order valence-corrected chi connectivity index (χ4v) is 5.73. The van der Waals surface area contributed by atoms with E-state index in [-0.39, 0.29) is 11.9 Å². The standard InChI is InChI=1S/C24H22ClN9O2S/c1-32(2)24(36)20-7-13(11-37-20)17-10-26-23(29-17)19-5-6-21-28-16(9-22(35)34(19)21)15-8-14(25)3-4-18(15)33-12-27-30-31-33/h3-4,7-12,19,22,35H,5-6H2,1-2H3,(H,26,29)/t19-,22?/m0/s1. The summed E-state index contributed by atoms with van der Waals surface area (Å²) < 4.78 is 1.54. The van der Waals surface area contributed by atoms with Crippen molar-refractivity contribution in [2.24, 2.45) is 4.99 Å². The second-order valence-electron chi connectivity index (χ2n) is 8.95. The molecule has 37 heavy (non-hydrogen) atoms. The van der Waals surface area contributed by atoms with Crippen LogP contribution in [0.5, 0.6) is 0 Å². The molecule has 4 aromatic rings. The van der Waals surface area contributed by atoms with Crippen LogP contribution in [0.2, 0.25) is 5.02 Å². The highest BCUT2D eigenvalue weighted by atomic mass is 35.5. The zero-order valence-corrected chi connectivity index (χ0v) is 21.5. The van der Waals surface area contributed by atoms with Crippen molar-refractivity contribution in [2.45, 2.75) is 25.1 Å². The molecule has 0 bridgehead atoms. The summed E-state index contributed by atoms with van der Waals surface area (Å²) in [5.74, 6) is 1.47. The fourth-order valence-electron chi connectivity index (χ4n) is 4.63. The Morgan fingerprint density at radius 2 is 2.16 bits per heavy atom. The number of nitrogens with zero attached hydrogens (tertiary/aromatic N) is 8. The van der Waals surface area contributed by atoms with Crippen LogP contribution in [0.3, 0.4) is 0 Å². The summed E-state index contributed by atoms with van der Waals surface area (Å²) in [6.45, 7) is 0. The molecule has 0 saturated carbocycles. The number of aromatic amines is 1. The summed E-state index contributed by atoms with van der Waals surface area (Å²) >= 11 is 7.69. The van der Waals surface area contributed by atoms with Gasteiger partial charge in [-0.05, 0) is 47.2 Å². The lowest BCUT2D eigenvalue weighted by Gasteiger charge is -2.32. The molecule has 1 amide bonds. The van der Waals surface area contributed by atoms with Crippen LogP contribution < -0.4 is 0 Å². The van der Waals surface area contributed by atoms with Crippen molar-refractivity contribution >= 4 is 40.4 Å². The minimum Gasteiger partial charge on any atom is -0.370 e. The predicted octanol–water partition coefficient (Wildman–Crippen LogP) is 3.38. The number of carbonyl (C=O) groups excluding carboxylic acids is 1. The maximum absolute atomic E-state index is 12.3. The lowest BCUT2D eigenvalue weighted by atomic mass is 10.1. The first-order chi connectivity index (χ1) is 17.9. The number of hydrogen-bond acceptors (Lipinski definition) is 9. The minimum absolute atomic E-state index is 0.0328. The Kier molecular flexibility index (Phi) is 5.86. The normalized spacial score (nSPS) is 19.0. The number of H-pyrrole nitrogens is 1. The molecule has 3 aromatic heterocycles. The Balaban J connectivity index is 1.27. The van der Waals surface area contributed by atoms with E-state index in [1.165, 1.54) is 22.3 Å². The topological polar surface area (TPSA) is 128 Å². The van der Waals surface area contributed by atoms with Crippen molar-refractivity contribution in [3.63, 3.8) is 0 Å². The average molecular weight is 536 g/mol. The number of thiophene rings is 1. The lowest BCUT2D eigenvalue weighted by molar-refractivity contribution is 0.0719. The number of nitrogens with one attached hydrogen (secondary N) is 1. The van der Waals surface area contributed by atoms with Gasteiger partial charge in [0.2, 0.25) is 0 Å². The number of benzene rings is 1. The molecule has 2 aliphatic rings. The summed E-state index contributed by atoms with van der Waals surface area (Å²) in [7, 11) is 3.47. The van der Waals surface area contributed by atoms with E-state index in [0.717, 1.165) is 34.9 Å². The van der Waals surface area contributed by atoms with Gasteiger partial charge in [0.15, 0.2) is 0 Å². The second-order valence-corrected chi connectivity index (χ2v) is 10.3. The Labute approximate surface area is 220 Å². The lowest BCUT2D eigenvalue weighted by Crippen LogP contribution is -2.39. The van der Waals surface area contributed by atoms with E-state index in [0.29, 0.717) is 27.7 Å². The molecule has 1 saturated heterocycles. The van der Waals surface area contributed by atoms with Gasteiger partial charge in [-0.3, -0.25) is 4.79 Å². The van der Waals surface area contributed by atoms with Crippen molar-refractivity contribution in [3.05, 3.63) is 69.5 Å². The molecule has 0 spiro atoms. The summed E-state index contributed by atoms with van der Waals surface area (Å²) in [4.78, 5) is 29.2. The van der Waals surface area contributed by atoms with Crippen LogP contribution in [0.4, 0.5) is 0 Å². The van der Waals surface area contributed by atoms with E-state index in [1.54, 1.807) is 43.4 Å². The highest BCUT2D eigenvalue weighted by molar-refractivity contribution is 7.12. The van der Waals surface area contributed by atoms with Crippen molar-refractivity contribution in [1.29, 1.82) is 0 Å². The predicted molar refractivity (Wildman–Crippen MR) is 139 cm³/mol. The largest absolute Gasteiger partial charge is 0.370 e. The highest BCUT2D eigenvalue weighted by Gasteiger charge is 2.38. The van der Waals surface area contributed by atoms with E-state index in [2.05, 4.69) is 25.5 Å². The highest BCUT2D eigenvalue weighted by Crippen LogP contribution is 2.39. The molecule has 1 fully saturated rings. The molecule has 0 radical (unpaired) electrons. The summed E-state index contributed by atoms with van der Waals surface area (Å²) in [6, 6.07) is 7.06. The number of imidazole rings is 1. The third-order valence-corrected chi connectivity index (χ3v) is 7.54. The number of rotatable bonds is 5. The van der Waals surface area contributed by atoms with Gasteiger partial charge < -0.3 is 19.9 Å². The van der Waals surface area contributed by atoms with E-state index in [1.807, 2.05) is 22.4 Å². The van der Waals surface area contributed by atoms with E-state index >= 15 is 0 Å². The quantitative estimate of drug-likeness (QED) is 0.401. The van der Waals surface area contributed by atoms with E-state index in [9.17, 15) is 9.90 Å². The number of aliphatic hydroxyl groups is 1. The smallest absolute Gasteiger partial charge is 0.263 e. The zero-order chi connectivity index (χ0) is 25.7. The number of aliphatic hydroxyl groups excluding tert-OH is 1. The molecule has 2 aliphatic heterocycles. The maximum atomic E-state index is 12.3. The molecular weight excluding hydrogens is 514 g/mol. The number of amides is 1. The van der Waals surface area contributed by atoms with Crippen LogP contribution in [-0.2, 0) is 0 Å².